The van der Waals surface area contributed by atoms with E-state index in [0.717, 1.165) is 16.8 Å². The predicted octanol–water partition coefficient (Wildman–Crippen LogP) is 5.19. The minimum Gasteiger partial charge on any atom is -0.489 e. The fourth-order valence-corrected chi connectivity index (χ4v) is 4.43. The Bertz CT molecular complexity index is 1320. The summed E-state index contributed by atoms with van der Waals surface area (Å²) in [6, 6.07) is 14.6. The van der Waals surface area contributed by atoms with Crippen molar-refractivity contribution in [2.45, 2.75) is 20.5 Å². The number of nitrogens with one attached hydrogen (secondary N) is 1. The third-order valence-corrected chi connectivity index (χ3v) is 6.12. The molecule has 2 heterocycles. The molecule has 168 valence electrons. The number of carbonyl (C=O) groups is 2. The van der Waals surface area contributed by atoms with E-state index in [9.17, 15) is 9.59 Å². The van der Waals surface area contributed by atoms with E-state index in [1.807, 2.05) is 48.7 Å². The molecule has 4 aromatic rings. The monoisotopic (exact) mass is 461 g/mol. The number of hydrogen-bond donors (Lipinski definition) is 2. The molecule has 0 fully saturated rings. The van der Waals surface area contributed by atoms with Gasteiger partial charge in [-0.3, -0.25) is 4.79 Å². The van der Waals surface area contributed by atoms with Gasteiger partial charge in [0.2, 0.25) is 0 Å². The zero-order chi connectivity index (χ0) is 23.4. The van der Waals surface area contributed by atoms with Crippen molar-refractivity contribution in [3.8, 4) is 5.75 Å². The first-order valence-corrected chi connectivity index (χ1v) is 11.3. The number of rotatable bonds is 7. The van der Waals surface area contributed by atoms with Gasteiger partial charge in [0.25, 0.3) is 5.91 Å². The van der Waals surface area contributed by atoms with Crippen LogP contribution in [0.5, 0.6) is 5.75 Å². The zero-order valence-corrected chi connectivity index (χ0v) is 19.1. The number of nitrogens with zero attached hydrogens (tertiary/aromatic N) is 1. The normalized spacial score (nSPS) is 10.7. The highest BCUT2D eigenvalue weighted by atomic mass is 32.1. The van der Waals surface area contributed by atoms with Crippen LogP contribution >= 0.6 is 11.3 Å². The van der Waals surface area contributed by atoms with Crippen molar-refractivity contribution >= 4 is 44.8 Å². The first-order chi connectivity index (χ1) is 16.0. The molecule has 4 rings (SSSR count). The van der Waals surface area contributed by atoms with Gasteiger partial charge in [0.1, 0.15) is 18.2 Å². The van der Waals surface area contributed by atoms with E-state index >= 15 is 0 Å². The van der Waals surface area contributed by atoms with Gasteiger partial charge < -0.3 is 20.5 Å². The number of carbonyl (C=O) groups excluding carboxylic acids is 2. The standard InChI is InChI=1S/C25H23N3O4S/c1-3-31-25(30)19-12-27-23(26)21-17(14-33-22(19)21)13-32-20-11-16(10-9-15(20)2)24(29)28-18-7-5-4-6-8-18/h4-12,14H,3,13H2,1-2H3,(H2,26,27)(H,28,29). The number of aryl methyl sites for hydroxylation is 1. The van der Waals surface area contributed by atoms with Crippen molar-refractivity contribution in [1.82, 2.24) is 4.98 Å². The van der Waals surface area contributed by atoms with Crippen LogP contribution in [0.25, 0.3) is 10.1 Å². The molecule has 0 atom stereocenters. The highest BCUT2D eigenvalue weighted by Gasteiger charge is 2.19. The van der Waals surface area contributed by atoms with Gasteiger partial charge in [-0.25, -0.2) is 9.78 Å². The summed E-state index contributed by atoms with van der Waals surface area (Å²) in [4.78, 5) is 29.1. The van der Waals surface area contributed by atoms with Crippen molar-refractivity contribution < 1.29 is 19.1 Å². The topological polar surface area (TPSA) is 104 Å². The number of anilines is 2. The summed E-state index contributed by atoms with van der Waals surface area (Å²) >= 11 is 1.39. The van der Waals surface area contributed by atoms with Gasteiger partial charge in [-0.05, 0) is 49.1 Å². The number of para-hydroxylation sites is 1. The van der Waals surface area contributed by atoms with Crippen LogP contribution in [0.3, 0.4) is 0 Å². The molecule has 33 heavy (non-hydrogen) atoms. The molecule has 8 heteroatoms. The highest BCUT2D eigenvalue weighted by Crippen LogP contribution is 2.34. The molecule has 0 bridgehead atoms. The lowest BCUT2D eigenvalue weighted by Gasteiger charge is -2.12. The maximum Gasteiger partial charge on any atom is 0.341 e. The zero-order valence-electron chi connectivity index (χ0n) is 18.3. The Morgan fingerprint density at radius 3 is 2.70 bits per heavy atom. The lowest BCUT2D eigenvalue weighted by atomic mass is 10.1. The van der Waals surface area contributed by atoms with Crippen molar-refractivity contribution in [2.75, 3.05) is 17.7 Å². The Labute approximate surface area is 195 Å². The summed E-state index contributed by atoms with van der Waals surface area (Å²) < 4.78 is 11.9. The van der Waals surface area contributed by atoms with Gasteiger partial charge in [0.15, 0.2) is 0 Å². The van der Waals surface area contributed by atoms with Crippen molar-refractivity contribution in [1.29, 1.82) is 0 Å². The Morgan fingerprint density at radius 1 is 1.15 bits per heavy atom. The molecule has 2 aromatic carbocycles. The SMILES string of the molecule is CCOC(=O)c1cnc(N)c2c(COc3cc(C(=O)Nc4ccccc4)ccc3C)csc12. The molecule has 7 nitrogen and oxygen atoms in total. The van der Waals surface area contributed by atoms with E-state index in [1.54, 1.807) is 19.1 Å². The van der Waals surface area contributed by atoms with Crippen LogP contribution in [0, 0.1) is 6.92 Å². The maximum absolute atomic E-state index is 12.7. The fraction of sp³-hybridized carbons (Fsp3) is 0.160. The molecule has 0 aliphatic rings. The van der Waals surface area contributed by atoms with Gasteiger partial charge in [0.05, 0.1) is 16.9 Å². The van der Waals surface area contributed by atoms with Crippen molar-refractivity contribution in [3.63, 3.8) is 0 Å². The molecular formula is C25H23N3O4S. The Morgan fingerprint density at radius 2 is 1.94 bits per heavy atom. The van der Waals surface area contributed by atoms with Gasteiger partial charge in [0, 0.05) is 28.4 Å². The summed E-state index contributed by atoms with van der Waals surface area (Å²) in [6.07, 6.45) is 1.44. The number of ether oxygens (including phenoxy) is 2. The summed E-state index contributed by atoms with van der Waals surface area (Å²) in [6.45, 7) is 4.15. The second kappa shape index (κ2) is 9.70. The smallest absolute Gasteiger partial charge is 0.341 e. The van der Waals surface area contributed by atoms with Crippen molar-refractivity contribution in [2.24, 2.45) is 0 Å². The number of hydrogen-bond acceptors (Lipinski definition) is 7. The number of aromatic nitrogens is 1. The molecule has 0 unspecified atom stereocenters. The van der Waals surface area contributed by atoms with Crippen LogP contribution in [0.2, 0.25) is 0 Å². The molecule has 0 spiro atoms. The third kappa shape index (κ3) is 4.80. The Kier molecular flexibility index (Phi) is 6.55. The molecule has 2 aromatic heterocycles. The molecular weight excluding hydrogens is 438 g/mol. The van der Waals surface area contributed by atoms with E-state index in [4.69, 9.17) is 15.2 Å². The number of pyridine rings is 1. The predicted molar refractivity (Wildman–Crippen MR) is 130 cm³/mol. The van der Waals surface area contributed by atoms with Crippen molar-refractivity contribution in [3.05, 3.63) is 82.4 Å². The number of nitrogen functional groups attached to an aromatic ring is 1. The fourth-order valence-electron chi connectivity index (χ4n) is 3.37. The van der Waals surface area contributed by atoms with Crippen LogP contribution in [-0.4, -0.2) is 23.5 Å². The van der Waals surface area contributed by atoms with Crippen LogP contribution in [-0.2, 0) is 11.3 Å². The van der Waals surface area contributed by atoms with Crippen LogP contribution in [0.15, 0.2) is 60.1 Å². The number of esters is 1. The van der Waals surface area contributed by atoms with E-state index in [0.29, 0.717) is 32.8 Å². The third-order valence-electron chi connectivity index (χ3n) is 5.06. The average Bonchev–Trinajstić information content (AvgIpc) is 3.24. The summed E-state index contributed by atoms with van der Waals surface area (Å²) in [7, 11) is 0. The first kappa shape index (κ1) is 22.3. The second-order valence-corrected chi connectivity index (χ2v) is 8.21. The number of benzene rings is 2. The largest absolute Gasteiger partial charge is 0.489 e. The summed E-state index contributed by atoms with van der Waals surface area (Å²) in [5.41, 5.74) is 9.41. The van der Waals surface area contributed by atoms with Gasteiger partial charge in [-0.15, -0.1) is 11.3 Å². The van der Waals surface area contributed by atoms with Gasteiger partial charge in [-0.2, -0.15) is 0 Å². The summed E-state index contributed by atoms with van der Waals surface area (Å²) in [5, 5.41) is 5.45. The average molecular weight is 462 g/mol. The molecule has 0 saturated heterocycles. The molecule has 0 saturated carbocycles. The minimum atomic E-state index is -0.433. The van der Waals surface area contributed by atoms with Gasteiger partial charge >= 0.3 is 5.97 Å². The molecule has 1 amide bonds. The quantitative estimate of drug-likeness (QED) is 0.367. The second-order valence-electron chi connectivity index (χ2n) is 7.33. The van der Waals surface area contributed by atoms with E-state index in [2.05, 4.69) is 10.3 Å². The first-order valence-electron chi connectivity index (χ1n) is 10.4. The maximum atomic E-state index is 12.7. The lowest BCUT2D eigenvalue weighted by molar-refractivity contribution is 0.0528. The molecule has 0 aliphatic heterocycles. The number of amides is 1. The number of nitrogens with two attached hydrogens (primary N) is 1. The Hall–Kier alpha value is -3.91. The van der Waals surface area contributed by atoms with Crippen LogP contribution in [0.4, 0.5) is 11.5 Å². The van der Waals surface area contributed by atoms with Gasteiger partial charge in [-0.1, -0.05) is 24.3 Å². The van der Waals surface area contributed by atoms with Crippen LogP contribution < -0.4 is 15.8 Å². The minimum absolute atomic E-state index is 0.211. The number of fused-ring (bicyclic) bond motifs is 1. The van der Waals surface area contributed by atoms with Crippen LogP contribution in [0.1, 0.15) is 38.8 Å². The van der Waals surface area contributed by atoms with E-state index in [1.165, 1.54) is 17.5 Å². The lowest BCUT2D eigenvalue weighted by Crippen LogP contribution is -2.12. The van der Waals surface area contributed by atoms with E-state index in [-0.39, 0.29) is 19.1 Å². The Balaban J connectivity index is 1.56. The summed E-state index contributed by atoms with van der Waals surface area (Å²) in [5.74, 6) is 0.255. The highest BCUT2D eigenvalue weighted by molar-refractivity contribution is 7.17. The van der Waals surface area contributed by atoms with E-state index < -0.39 is 5.97 Å². The number of thiophene rings is 1. The molecule has 0 aliphatic carbocycles. The molecule has 3 N–H and O–H groups in total. The molecule has 0 radical (unpaired) electrons.